The largest absolute Gasteiger partial charge is 0.368 e. The maximum Gasteiger partial charge on any atom is 0.274 e. The lowest BCUT2D eigenvalue weighted by Gasteiger charge is -2.34. The first-order valence-corrected chi connectivity index (χ1v) is 8.43. The van der Waals surface area contributed by atoms with Gasteiger partial charge in [-0.3, -0.25) is 14.6 Å². The van der Waals surface area contributed by atoms with Crippen molar-refractivity contribution in [3.8, 4) is 0 Å². The Morgan fingerprint density at radius 1 is 1.24 bits per heavy atom. The number of hydrogen-bond donors (Lipinski definition) is 1. The minimum Gasteiger partial charge on any atom is -0.368 e. The summed E-state index contributed by atoms with van der Waals surface area (Å²) in [6, 6.07) is 9.02. The van der Waals surface area contributed by atoms with E-state index in [-0.39, 0.29) is 5.91 Å². The summed E-state index contributed by atoms with van der Waals surface area (Å²) < 4.78 is 0. The molecule has 1 saturated heterocycles. The highest BCUT2D eigenvalue weighted by atomic mass is 35.5. The van der Waals surface area contributed by atoms with Gasteiger partial charge in [0.15, 0.2) is 0 Å². The van der Waals surface area contributed by atoms with Crippen molar-refractivity contribution < 1.29 is 9.59 Å². The highest BCUT2D eigenvalue weighted by molar-refractivity contribution is 6.31. The van der Waals surface area contributed by atoms with E-state index in [1.165, 1.54) is 0 Å². The molecule has 1 N–H and O–H groups in total. The van der Waals surface area contributed by atoms with E-state index in [1.807, 2.05) is 19.1 Å². The van der Waals surface area contributed by atoms with Crippen molar-refractivity contribution in [2.24, 2.45) is 0 Å². The molecule has 1 aliphatic heterocycles. The monoisotopic (exact) mass is 358 g/mol. The minimum absolute atomic E-state index is 0.279. The minimum atomic E-state index is -0.279. The van der Waals surface area contributed by atoms with Crippen LogP contribution in [0, 0.1) is 6.92 Å². The molecular weight excluding hydrogens is 340 g/mol. The molecule has 6 nitrogen and oxygen atoms in total. The summed E-state index contributed by atoms with van der Waals surface area (Å²) in [5.74, 6) is -0.279. The SMILES string of the molecule is Cc1c(Cl)cccc1NC(=O)c1cc(N2CCN(C=O)CC2)ccn1. The van der Waals surface area contributed by atoms with Crippen LogP contribution < -0.4 is 10.2 Å². The third-order valence-electron chi connectivity index (χ3n) is 4.32. The maximum absolute atomic E-state index is 12.5. The van der Waals surface area contributed by atoms with Gasteiger partial charge in [0.2, 0.25) is 6.41 Å². The van der Waals surface area contributed by atoms with Crippen LogP contribution in [0.4, 0.5) is 11.4 Å². The second-order valence-corrected chi connectivity index (χ2v) is 6.30. The number of hydrogen-bond acceptors (Lipinski definition) is 4. The molecule has 1 aromatic heterocycles. The molecule has 0 saturated carbocycles. The molecule has 3 rings (SSSR count). The van der Waals surface area contributed by atoms with Crippen LogP contribution in [0.2, 0.25) is 5.02 Å². The lowest BCUT2D eigenvalue weighted by molar-refractivity contribution is -0.118. The number of rotatable bonds is 4. The van der Waals surface area contributed by atoms with Gasteiger partial charge in [0, 0.05) is 48.8 Å². The first-order chi connectivity index (χ1) is 12.1. The number of pyridine rings is 1. The summed E-state index contributed by atoms with van der Waals surface area (Å²) in [4.78, 5) is 31.4. The number of carbonyl (C=O) groups is 2. The molecule has 7 heteroatoms. The van der Waals surface area contributed by atoms with Crippen molar-refractivity contribution >= 4 is 35.3 Å². The van der Waals surface area contributed by atoms with Crippen molar-refractivity contribution in [2.75, 3.05) is 36.4 Å². The highest BCUT2D eigenvalue weighted by Crippen LogP contribution is 2.24. The average molecular weight is 359 g/mol. The topological polar surface area (TPSA) is 65.5 Å². The molecule has 1 aliphatic rings. The van der Waals surface area contributed by atoms with Gasteiger partial charge in [0.25, 0.3) is 5.91 Å². The van der Waals surface area contributed by atoms with Crippen LogP contribution in [0.3, 0.4) is 0 Å². The van der Waals surface area contributed by atoms with E-state index in [4.69, 9.17) is 11.6 Å². The summed E-state index contributed by atoms with van der Waals surface area (Å²) in [5.41, 5.74) is 2.76. The molecule has 0 bridgehead atoms. The fourth-order valence-corrected chi connectivity index (χ4v) is 2.93. The van der Waals surface area contributed by atoms with Gasteiger partial charge in [0.05, 0.1) is 0 Å². The van der Waals surface area contributed by atoms with Gasteiger partial charge < -0.3 is 15.1 Å². The summed E-state index contributed by atoms with van der Waals surface area (Å²) >= 11 is 6.09. The molecule has 0 atom stereocenters. The zero-order chi connectivity index (χ0) is 17.8. The van der Waals surface area contributed by atoms with Crippen molar-refractivity contribution in [3.05, 3.63) is 52.8 Å². The van der Waals surface area contributed by atoms with Crippen LogP contribution in [0.5, 0.6) is 0 Å². The van der Waals surface area contributed by atoms with Gasteiger partial charge in [-0.25, -0.2) is 0 Å². The third-order valence-corrected chi connectivity index (χ3v) is 4.73. The highest BCUT2D eigenvalue weighted by Gasteiger charge is 2.17. The van der Waals surface area contributed by atoms with E-state index in [0.29, 0.717) is 29.5 Å². The molecule has 0 spiro atoms. The Bertz CT molecular complexity index is 788. The summed E-state index contributed by atoms with van der Waals surface area (Å²) in [7, 11) is 0. The number of carbonyl (C=O) groups excluding carboxylic acids is 2. The van der Waals surface area contributed by atoms with E-state index in [9.17, 15) is 9.59 Å². The average Bonchev–Trinajstić information content (AvgIpc) is 2.65. The lowest BCUT2D eigenvalue weighted by atomic mass is 10.2. The second-order valence-electron chi connectivity index (χ2n) is 5.89. The van der Waals surface area contributed by atoms with Gasteiger partial charge in [-0.2, -0.15) is 0 Å². The van der Waals surface area contributed by atoms with Crippen molar-refractivity contribution in [1.82, 2.24) is 9.88 Å². The van der Waals surface area contributed by atoms with Crippen molar-refractivity contribution in [1.29, 1.82) is 0 Å². The first-order valence-electron chi connectivity index (χ1n) is 8.05. The number of anilines is 2. The number of nitrogens with one attached hydrogen (secondary N) is 1. The van der Waals surface area contributed by atoms with Crippen molar-refractivity contribution in [3.63, 3.8) is 0 Å². The van der Waals surface area contributed by atoms with Gasteiger partial charge in [-0.15, -0.1) is 0 Å². The molecule has 0 aliphatic carbocycles. The van der Waals surface area contributed by atoms with Crippen LogP contribution in [0.15, 0.2) is 36.5 Å². The molecule has 0 unspecified atom stereocenters. The predicted octanol–water partition coefficient (Wildman–Crippen LogP) is 2.57. The summed E-state index contributed by atoms with van der Waals surface area (Å²) in [6.07, 6.45) is 2.50. The molecule has 1 fully saturated rings. The second kappa shape index (κ2) is 7.53. The van der Waals surface area contributed by atoms with E-state index in [0.717, 1.165) is 30.8 Å². The Morgan fingerprint density at radius 3 is 2.72 bits per heavy atom. The number of nitrogens with zero attached hydrogens (tertiary/aromatic N) is 3. The Hall–Kier alpha value is -2.60. The van der Waals surface area contributed by atoms with Crippen LogP contribution in [0.1, 0.15) is 16.1 Å². The number of piperazine rings is 1. The number of amides is 2. The van der Waals surface area contributed by atoms with Crippen LogP contribution in [-0.4, -0.2) is 48.4 Å². The molecule has 130 valence electrons. The molecule has 2 heterocycles. The number of benzene rings is 1. The van der Waals surface area contributed by atoms with Gasteiger partial charge >= 0.3 is 0 Å². The fraction of sp³-hybridized carbons (Fsp3) is 0.278. The van der Waals surface area contributed by atoms with E-state index < -0.39 is 0 Å². The number of halogens is 1. The summed E-state index contributed by atoms with van der Waals surface area (Å²) in [5, 5.41) is 3.46. The molecular formula is C18H19ClN4O2. The Balaban J connectivity index is 1.74. The smallest absolute Gasteiger partial charge is 0.274 e. The molecule has 2 aromatic rings. The maximum atomic E-state index is 12.5. The lowest BCUT2D eigenvalue weighted by Crippen LogP contribution is -2.45. The van der Waals surface area contributed by atoms with Gasteiger partial charge in [-0.05, 0) is 36.8 Å². The molecule has 25 heavy (non-hydrogen) atoms. The zero-order valence-electron chi connectivity index (χ0n) is 13.9. The Morgan fingerprint density at radius 2 is 2.00 bits per heavy atom. The van der Waals surface area contributed by atoms with Crippen LogP contribution in [0.25, 0.3) is 0 Å². The quantitative estimate of drug-likeness (QED) is 0.853. The predicted molar refractivity (Wildman–Crippen MR) is 98.2 cm³/mol. The standard InChI is InChI=1S/C18H19ClN4O2/c1-13-15(19)3-2-4-16(13)21-18(25)17-11-14(5-6-20-17)23-9-7-22(12-24)8-10-23/h2-6,11-12H,7-10H2,1H3,(H,21,25). The molecule has 2 amide bonds. The van der Waals surface area contributed by atoms with Gasteiger partial charge in [-0.1, -0.05) is 17.7 Å². The van der Waals surface area contributed by atoms with E-state index >= 15 is 0 Å². The van der Waals surface area contributed by atoms with E-state index in [2.05, 4.69) is 15.2 Å². The fourth-order valence-electron chi connectivity index (χ4n) is 2.76. The summed E-state index contributed by atoms with van der Waals surface area (Å²) in [6.45, 7) is 4.67. The molecule has 1 aromatic carbocycles. The third kappa shape index (κ3) is 3.91. The number of aromatic nitrogens is 1. The first kappa shape index (κ1) is 17.2. The van der Waals surface area contributed by atoms with Crippen LogP contribution >= 0.6 is 11.6 Å². The van der Waals surface area contributed by atoms with E-state index in [1.54, 1.807) is 29.3 Å². The Labute approximate surface area is 151 Å². The van der Waals surface area contributed by atoms with Crippen LogP contribution in [-0.2, 0) is 4.79 Å². The Kier molecular flexibility index (Phi) is 5.19. The zero-order valence-corrected chi connectivity index (χ0v) is 14.7. The van der Waals surface area contributed by atoms with Crippen molar-refractivity contribution in [2.45, 2.75) is 6.92 Å². The van der Waals surface area contributed by atoms with Gasteiger partial charge in [0.1, 0.15) is 5.69 Å². The molecule has 0 radical (unpaired) electrons. The normalized spacial score (nSPS) is 14.3.